The lowest BCUT2D eigenvalue weighted by molar-refractivity contribution is -0.142. The summed E-state index contributed by atoms with van der Waals surface area (Å²) in [6.07, 6.45) is 3.49. The van der Waals surface area contributed by atoms with E-state index in [9.17, 15) is 4.79 Å². The summed E-state index contributed by atoms with van der Waals surface area (Å²) in [4.78, 5) is 11.0. The van der Waals surface area contributed by atoms with Gasteiger partial charge in [-0.25, -0.2) is 0 Å². The molecular formula is C16H21NO2S2. The van der Waals surface area contributed by atoms with Gasteiger partial charge < -0.3 is 10.4 Å². The molecule has 1 aromatic carbocycles. The summed E-state index contributed by atoms with van der Waals surface area (Å²) in [5.41, 5.74) is 2.58. The van der Waals surface area contributed by atoms with Gasteiger partial charge in [-0.3, -0.25) is 4.79 Å². The Kier molecular flexibility index (Phi) is 5.01. The van der Waals surface area contributed by atoms with Crippen LogP contribution in [0.5, 0.6) is 0 Å². The highest BCUT2D eigenvalue weighted by atomic mass is 32.2. The Bertz CT molecular complexity index is 495. The van der Waals surface area contributed by atoms with Crippen LogP contribution < -0.4 is 5.32 Å². The first-order valence-electron chi connectivity index (χ1n) is 7.55. The molecule has 0 spiro atoms. The molecule has 114 valence electrons. The maximum Gasteiger partial charge on any atom is 0.306 e. The molecule has 0 aromatic heterocycles. The Morgan fingerprint density at radius 2 is 1.86 bits per heavy atom. The fraction of sp³-hybridized carbons (Fsp3) is 0.562. The first-order chi connectivity index (χ1) is 10.2. The quantitative estimate of drug-likeness (QED) is 0.869. The molecule has 1 aliphatic carbocycles. The van der Waals surface area contributed by atoms with E-state index in [0.717, 1.165) is 25.7 Å². The van der Waals surface area contributed by atoms with Gasteiger partial charge in [0.15, 0.2) is 0 Å². The van der Waals surface area contributed by atoms with E-state index >= 15 is 0 Å². The Balaban J connectivity index is 1.58. The molecule has 1 aliphatic heterocycles. The van der Waals surface area contributed by atoms with Gasteiger partial charge in [0.1, 0.15) is 0 Å². The largest absolute Gasteiger partial charge is 0.481 e. The second-order valence-electron chi connectivity index (χ2n) is 5.73. The molecule has 0 bridgehead atoms. The molecule has 3 rings (SSSR count). The summed E-state index contributed by atoms with van der Waals surface area (Å²) >= 11 is 4.05. The van der Waals surface area contributed by atoms with E-state index in [1.165, 1.54) is 22.8 Å². The van der Waals surface area contributed by atoms with Crippen molar-refractivity contribution < 1.29 is 9.90 Å². The lowest BCUT2D eigenvalue weighted by Gasteiger charge is -2.28. The van der Waals surface area contributed by atoms with Crippen molar-refractivity contribution in [1.29, 1.82) is 0 Å². The van der Waals surface area contributed by atoms with Gasteiger partial charge in [0, 0.05) is 23.2 Å². The molecule has 3 nitrogen and oxygen atoms in total. The van der Waals surface area contributed by atoms with Gasteiger partial charge in [-0.1, -0.05) is 12.1 Å². The van der Waals surface area contributed by atoms with E-state index in [1.807, 2.05) is 23.5 Å². The zero-order chi connectivity index (χ0) is 14.7. The number of carboxylic acids is 1. The second-order valence-corrected chi connectivity index (χ2v) is 8.45. The minimum Gasteiger partial charge on any atom is -0.481 e. The van der Waals surface area contributed by atoms with Crippen LogP contribution in [0.2, 0.25) is 0 Å². The van der Waals surface area contributed by atoms with Crippen molar-refractivity contribution in [2.75, 3.05) is 16.8 Å². The van der Waals surface area contributed by atoms with Crippen LogP contribution in [0, 0.1) is 5.92 Å². The van der Waals surface area contributed by atoms with Crippen LogP contribution in [0.15, 0.2) is 24.3 Å². The highest BCUT2D eigenvalue weighted by molar-refractivity contribution is 8.19. The highest BCUT2D eigenvalue weighted by Gasteiger charge is 2.26. The molecule has 0 amide bonds. The van der Waals surface area contributed by atoms with Gasteiger partial charge in [-0.15, -0.1) is 23.5 Å². The van der Waals surface area contributed by atoms with E-state index < -0.39 is 5.97 Å². The number of hydrogen-bond acceptors (Lipinski definition) is 4. The summed E-state index contributed by atoms with van der Waals surface area (Å²) in [5.74, 6) is 1.71. The fourth-order valence-electron chi connectivity index (χ4n) is 3.05. The molecule has 2 N–H and O–H groups in total. The molecule has 1 aromatic rings. The maximum absolute atomic E-state index is 11.0. The van der Waals surface area contributed by atoms with Gasteiger partial charge in [0.2, 0.25) is 0 Å². The zero-order valence-electron chi connectivity index (χ0n) is 12.0. The molecule has 5 heteroatoms. The lowest BCUT2D eigenvalue weighted by Crippen LogP contribution is -2.29. The first-order valence-corrected chi connectivity index (χ1v) is 9.64. The van der Waals surface area contributed by atoms with Gasteiger partial charge in [0.25, 0.3) is 0 Å². The third kappa shape index (κ3) is 3.89. The summed E-state index contributed by atoms with van der Waals surface area (Å²) in [6, 6.07) is 9.14. The van der Waals surface area contributed by atoms with Crippen LogP contribution in [0.25, 0.3) is 0 Å². The summed E-state index contributed by atoms with van der Waals surface area (Å²) < 4.78 is 0.578. The van der Waals surface area contributed by atoms with Crippen molar-refractivity contribution in [3.63, 3.8) is 0 Å². The Labute approximate surface area is 134 Å². The SMILES string of the molecule is O=C(O)C1CCC(Nc2cccc(C3SCCS3)c2)CC1. The number of rotatable bonds is 4. The Morgan fingerprint density at radius 3 is 2.52 bits per heavy atom. The fourth-order valence-corrected chi connectivity index (χ4v) is 5.88. The van der Waals surface area contributed by atoms with E-state index in [2.05, 4.69) is 29.6 Å². The number of nitrogens with one attached hydrogen (secondary N) is 1. The second kappa shape index (κ2) is 6.97. The highest BCUT2D eigenvalue weighted by Crippen LogP contribution is 2.45. The monoisotopic (exact) mass is 323 g/mol. The number of thioether (sulfide) groups is 2. The number of carboxylic acid groups (broad SMARTS) is 1. The van der Waals surface area contributed by atoms with Crippen LogP contribution >= 0.6 is 23.5 Å². The smallest absolute Gasteiger partial charge is 0.306 e. The van der Waals surface area contributed by atoms with E-state index in [0.29, 0.717) is 10.6 Å². The molecule has 21 heavy (non-hydrogen) atoms. The van der Waals surface area contributed by atoms with Crippen LogP contribution in [0.4, 0.5) is 5.69 Å². The van der Waals surface area contributed by atoms with Crippen molar-refractivity contribution in [3.8, 4) is 0 Å². The molecule has 2 fully saturated rings. The molecule has 2 aliphatic rings. The zero-order valence-corrected chi connectivity index (χ0v) is 13.6. The Morgan fingerprint density at radius 1 is 1.14 bits per heavy atom. The lowest BCUT2D eigenvalue weighted by atomic mass is 9.86. The van der Waals surface area contributed by atoms with Crippen LogP contribution in [-0.4, -0.2) is 28.6 Å². The van der Waals surface area contributed by atoms with E-state index in [-0.39, 0.29) is 5.92 Å². The average molecular weight is 323 g/mol. The molecule has 0 radical (unpaired) electrons. The number of anilines is 1. The van der Waals surface area contributed by atoms with Crippen molar-refractivity contribution in [2.24, 2.45) is 5.92 Å². The van der Waals surface area contributed by atoms with Gasteiger partial charge in [-0.2, -0.15) is 0 Å². The number of carbonyl (C=O) groups is 1. The molecule has 0 atom stereocenters. The van der Waals surface area contributed by atoms with Crippen LogP contribution in [0.3, 0.4) is 0 Å². The topological polar surface area (TPSA) is 49.3 Å². The standard InChI is InChI=1S/C16H21NO2S2/c18-15(19)11-4-6-13(7-5-11)17-14-3-1-2-12(10-14)16-20-8-9-21-16/h1-3,10-11,13,16-17H,4-9H2,(H,18,19). The van der Waals surface area contributed by atoms with Crippen LogP contribution in [0.1, 0.15) is 35.8 Å². The third-order valence-electron chi connectivity index (χ3n) is 4.23. The predicted molar refractivity (Wildman–Crippen MR) is 91.1 cm³/mol. The molecule has 1 heterocycles. The summed E-state index contributed by atoms with van der Waals surface area (Å²) in [6.45, 7) is 0. The van der Waals surface area contributed by atoms with Crippen molar-refractivity contribution in [2.45, 2.75) is 36.3 Å². The maximum atomic E-state index is 11.0. The van der Waals surface area contributed by atoms with E-state index in [1.54, 1.807) is 0 Å². The normalized spacial score (nSPS) is 26.7. The number of benzene rings is 1. The summed E-state index contributed by atoms with van der Waals surface area (Å²) in [5, 5.41) is 12.6. The first kappa shape index (κ1) is 15.1. The minimum atomic E-state index is -0.634. The molecular weight excluding hydrogens is 302 g/mol. The predicted octanol–water partition coefficient (Wildman–Crippen LogP) is 4.22. The molecule has 1 saturated carbocycles. The van der Waals surface area contributed by atoms with Crippen LogP contribution in [-0.2, 0) is 4.79 Å². The van der Waals surface area contributed by atoms with Crippen molar-refractivity contribution in [3.05, 3.63) is 29.8 Å². The van der Waals surface area contributed by atoms with Crippen molar-refractivity contribution >= 4 is 35.2 Å². The molecule has 0 unspecified atom stereocenters. The molecule has 1 saturated heterocycles. The van der Waals surface area contributed by atoms with Gasteiger partial charge >= 0.3 is 5.97 Å². The third-order valence-corrected chi connectivity index (χ3v) is 7.33. The van der Waals surface area contributed by atoms with Gasteiger partial charge in [-0.05, 0) is 43.4 Å². The minimum absolute atomic E-state index is 0.138. The van der Waals surface area contributed by atoms with Crippen molar-refractivity contribution in [1.82, 2.24) is 0 Å². The summed E-state index contributed by atoms with van der Waals surface area (Å²) in [7, 11) is 0. The van der Waals surface area contributed by atoms with E-state index in [4.69, 9.17) is 5.11 Å². The number of aliphatic carboxylic acids is 1. The average Bonchev–Trinajstić information content (AvgIpc) is 3.02. The Hall–Kier alpha value is -0.810. The number of hydrogen-bond donors (Lipinski definition) is 2. The van der Waals surface area contributed by atoms with Gasteiger partial charge in [0.05, 0.1) is 10.5 Å².